The number of benzene rings is 2. The summed E-state index contributed by atoms with van der Waals surface area (Å²) in [4.78, 5) is 12.0. The molecule has 1 aliphatic rings. The fourth-order valence-corrected chi connectivity index (χ4v) is 2.28. The Kier molecular flexibility index (Phi) is 2.22. The van der Waals surface area contributed by atoms with Gasteiger partial charge in [-0.15, -0.1) is 0 Å². The van der Waals surface area contributed by atoms with Gasteiger partial charge in [-0.1, -0.05) is 42.5 Å². The second kappa shape index (κ2) is 3.74. The van der Waals surface area contributed by atoms with E-state index in [1.165, 1.54) is 0 Å². The minimum Gasteiger partial charge on any atom is -0.454 e. The van der Waals surface area contributed by atoms with Crippen LogP contribution in [0.4, 0.5) is 0 Å². The van der Waals surface area contributed by atoms with Crippen LogP contribution < -0.4 is 0 Å². The lowest BCUT2D eigenvalue weighted by Gasteiger charge is -2.12. The molecular weight excluding hydrogens is 212 g/mol. The first kappa shape index (κ1) is 10.1. The highest BCUT2D eigenvalue weighted by Crippen LogP contribution is 2.36. The first-order valence-electron chi connectivity index (χ1n) is 5.66. The van der Waals surface area contributed by atoms with Gasteiger partial charge in [0.15, 0.2) is 0 Å². The number of ether oxygens (including phenoxy) is 1. The molecule has 84 valence electrons. The maximum absolute atomic E-state index is 12.0. The predicted molar refractivity (Wildman–Crippen MR) is 65.7 cm³/mol. The molecule has 0 saturated heterocycles. The molecule has 2 nitrogen and oxygen atoms in total. The summed E-state index contributed by atoms with van der Waals surface area (Å²) in [7, 11) is 0. The fourth-order valence-electron chi connectivity index (χ4n) is 2.28. The van der Waals surface area contributed by atoms with Crippen LogP contribution in [0.3, 0.4) is 0 Å². The molecule has 0 aromatic heterocycles. The van der Waals surface area contributed by atoms with Gasteiger partial charge in [-0.3, -0.25) is 0 Å². The molecule has 0 bridgehead atoms. The monoisotopic (exact) mass is 224 g/mol. The van der Waals surface area contributed by atoms with Crippen molar-refractivity contribution in [2.24, 2.45) is 0 Å². The van der Waals surface area contributed by atoms with Crippen molar-refractivity contribution in [1.82, 2.24) is 0 Å². The molecule has 2 heteroatoms. The second-order valence-electron chi connectivity index (χ2n) is 4.18. The molecule has 3 rings (SSSR count). The van der Waals surface area contributed by atoms with Crippen LogP contribution in [0.15, 0.2) is 48.5 Å². The van der Waals surface area contributed by atoms with Crippen LogP contribution in [0, 0.1) is 0 Å². The number of hydrogen-bond acceptors (Lipinski definition) is 2. The highest BCUT2D eigenvalue weighted by molar-refractivity contribution is 5.99. The molecule has 1 aliphatic heterocycles. The van der Waals surface area contributed by atoms with Gasteiger partial charge >= 0.3 is 5.97 Å². The zero-order valence-corrected chi connectivity index (χ0v) is 9.51. The SMILES string of the molecule is C[C@@H]1OC(=O)c2ccccc2-c2ccccc21. The summed E-state index contributed by atoms with van der Waals surface area (Å²) in [5.41, 5.74) is 3.74. The molecule has 0 saturated carbocycles. The zero-order chi connectivity index (χ0) is 11.8. The number of carbonyl (C=O) groups excluding carboxylic acids is 1. The Morgan fingerprint density at radius 3 is 2.24 bits per heavy atom. The van der Waals surface area contributed by atoms with Crippen molar-refractivity contribution in [3.8, 4) is 11.1 Å². The van der Waals surface area contributed by atoms with E-state index >= 15 is 0 Å². The lowest BCUT2D eigenvalue weighted by Crippen LogP contribution is -2.06. The smallest absolute Gasteiger partial charge is 0.339 e. The van der Waals surface area contributed by atoms with E-state index in [0.29, 0.717) is 5.56 Å². The van der Waals surface area contributed by atoms with Gasteiger partial charge in [0.1, 0.15) is 6.10 Å². The second-order valence-corrected chi connectivity index (χ2v) is 4.18. The van der Waals surface area contributed by atoms with Gasteiger partial charge in [-0.2, -0.15) is 0 Å². The van der Waals surface area contributed by atoms with Gasteiger partial charge in [0.2, 0.25) is 0 Å². The quantitative estimate of drug-likeness (QED) is 0.639. The standard InChI is InChI=1S/C15H12O2/c1-10-11-6-2-3-7-12(11)13-8-4-5-9-14(13)15(16)17-10/h2-10H,1H3/t10-/m0/s1. The number of hydrogen-bond donors (Lipinski definition) is 0. The van der Waals surface area contributed by atoms with E-state index in [9.17, 15) is 4.79 Å². The normalized spacial score (nSPS) is 17.7. The third-order valence-corrected chi connectivity index (χ3v) is 3.12. The van der Waals surface area contributed by atoms with Crippen LogP contribution in [-0.4, -0.2) is 5.97 Å². The third-order valence-electron chi connectivity index (χ3n) is 3.12. The molecule has 0 fully saturated rings. The zero-order valence-electron chi connectivity index (χ0n) is 9.51. The van der Waals surface area contributed by atoms with Gasteiger partial charge in [0, 0.05) is 5.56 Å². The number of esters is 1. The topological polar surface area (TPSA) is 26.3 Å². The summed E-state index contributed by atoms with van der Waals surface area (Å²) >= 11 is 0. The maximum atomic E-state index is 12.0. The van der Waals surface area contributed by atoms with Crippen LogP contribution in [0.5, 0.6) is 0 Å². The minimum atomic E-state index is -0.246. The maximum Gasteiger partial charge on any atom is 0.339 e. The summed E-state index contributed by atoms with van der Waals surface area (Å²) in [6.45, 7) is 1.91. The molecule has 17 heavy (non-hydrogen) atoms. The van der Waals surface area contributed by atoms with Crippen molar-refractivity contribution in [1.29, 1.82) is 0 Å². The fraction of sp³-hybridized carbons (Fsp3) is 0.133. The molecule has 2 aromatic carbocycles. The molecule has 0 N–H and O–H groups in total. The Morgan fingerprint density at radius 2 is 1.47 bits per heavy atom. The van der Waals surface area contributed by atoms with Crippen molar-refractivity contribution in [3.63, 3.8) is 0 Å². The van der Waals surface area contributed by atoms with E-state index in [1.807, 2.05) is 55.5 Å². The van der Waals surface area contributed by atoms with E-state index in [1.54, 1.807) is 0 Å². The number of fused-ring (bicyclic) bond motifs is 3. The average Bonchev–Trinajstić information content (AvgIpc) is 2.48. The van der Waals surface area contributed by atoms with Crippen molar-refractivity contribution >= 4 is 5.97 Å². The van der Waals surface area contributed by atoms with E-state index in [0.717, 1.165) is 16.7 Å². The number of rotatable bonds is 0. The largest absolute Gasteiger partial charge is 0.454 e. The van der Waals surface area contributed by atoms with Crippen molar-refractivity contribution < 1.29 is 9.53 Å². The third kappa shape index (κ3) is 1.53. The summed E-state index contributed by atoms with van der Waals surface area (Å²) in [5.74, 6) is -0.246. The summed E-state index contributed by atoms with van der Waals surface area (Å²) < 4.78 is 5.43. The Labute approximate surface area is 99.9 Å². The van der Waals surface area contributed by atoms with E-state index in [-0.39, 0.29) is 12.1 Å². The molecular formula is C15H12O2. The summed E-state index contributed by atoms with van der Waals surface area (Å²) in [6.07, 6.45) is -0.203. The van der Waals surface area contributed by atoms with Crippen LogP contribution >= 0.6 is 0 Å². The predicted octanol–water partition coefficient (Wildman–Crippen LogP) is 3.59. The summed E-state index contributed by atoms with van der Waals surface area (Å²) in [6, 6.07) is 15.6. The highest BCUT2D eigenvalue weighted by atomic mass is 16.5. The summed E-state index contributed by atoms with van der Waals surface area (Å²) in [5, 5.41) is 0. The minimum absolute atomic E-state index is 0.203. The van der Waals surface area contributed by atoms with Gasteiger partial charge in [0.05, 0.1) is 5.56 Å². The van der Waals surface area contributed by atoms with Crippen molar-refractivity contribution in [3.05, 3.63) is 59.7 Å². The van der Waals surface area contributed by atoms with Gasteiger partial charge in [-0.05, 0) is 24.1 Å². The van der Waals surface area contributed by atoms with Crippen LogP contribution in [-0.2, 0) is 4.74 Å². The Hall–Kier alpha value is -2.09. The average molecular weight is 224 g/mol. The number of cyclic esters (lactones) is 1. The molecule has 0 radical (unpaired) electrons. The first-order valence-corrected chi connectivity index (χ1v) is 5.66. The van der Waals surface area contributed by atoms with E-state index < -0.39 is 0 Å². The number of carbonyl (C=O) groups is 1. The molecule has 0 unspecified atom stereocenters. The molecule has 1 atom stereocenters. The molecule has 0 amide bonds. The molecule has 2 aromatic rings. The van der Waals surface area contributed by atoms with Gasteiger partial charge in [-0.25, -0.2) is 4.79 Å². The van der Waals surface area contributed by atoms with Crippen molar-refractivity contribution in [2.75, 3.05) is 0 Å². The lowest BCUT2D eigenvalue weighted by atomic mass is 9.95. The highest BCUT2D eigenvalue weighted by Gasteiger charge is 2.24. The molecule has 0 spiro atoms. The van der Waals surface area contributed by atoms with Crippen LogP contribution in [0.2, 0.25) is 0 Å². The van der Waals surface area contributed by atoms with E-state index in [2.05, 4.69) is 0 Å². The molecule has 1 heterocycles. The van der Waals surface area contributed by atoms with Crippen molar-refractivity contribution in [2.45, 2.75) is 13.0 Å². The Morgan fingerprint density at radius 1 is 0.882 bits per heavy atom. The Bertz CT molecular complexity index is 587. The van der Waals surface area contributed by atoms with Gasteiger partial charge in [0.25, 0.3) is 0 Å². The van der Waals surface area contributed by atoms with Crippen LogP contribution in [0.25, 0.3) is 11.1 Å². The Balaban J connectivity index is 2.34. The van der Waals surface area contributed by atoms with Gasteiger partial charge < -0.3 is 4.74 Å². The van der Waals surface area contributed by atoms with Crippen LogP contribution in [0.1, 0.15) is 28.9 Å². The molecule has 0 aliphatic carbocycles. The lowest BCUT2D eigenvalue weighted by molar-refractivity contribution is 0.0346. The first-order chi connectivity index (χ1) is 8.27. The van der Waals surface area contributed by atoms with E-state index in [4.69, 9.17) is 4.74 Å².